The molecule has 2 amide bonds. The topological polar surface area (TPSA) is 88.4 Å². The van der Waals surface area contributed by atoms with Crippen molar-refractivity contribution < 1.29 is 9.59 Å². The Bertz CT molecular complexity index is 1310. The SMILES string of the molecule is Cc1ccc(-c2nn(-c3ccccc3)cc2/C=N/NC(=O)C(=O)Nc2cccc(C)c2)cc1. The molecule has 1 aromatic heterocycles. The minimum absolute atomic E-state index is 0.546. The van der Waals surface area contributed by atoms with E-state index in [0.29, 0.717) is 16.9 Å². The first kappa shape index (κ1) is 21.7. The number of carbonyl (C=O) groups excluding carboxylic acids is 2. The van der Waals surface area contributed by atoms with Gasteiger partial charge >= 0.3 is 11.8 Å². The van der Waals surface area contributed by atoms with Gasteiger partial charge in [-0.25, -0.2) is 10.1 Å². The average molecular weight is 438 g/mol. The summed E-state index contributed by atoms with van der Waals surface area (Å²) in [5.41, 5.74) is 8.17. The second-order valence-electron chi connectivity index (χ2n) is 7.60. The molecule has 0 saturated carbocycles. The lowest BCUT2D eigenvalue weighted by Crippen LogP contribution is -2.32. The second kappa shape index (κ2) is 9.74. The molecule has 0 saturated heterocycles. The molecule has 0 radical (unpaired) electrons. The fourth-order valence-corrected chi connectivity index (χ4v) is 3.25. The molecule has 0 atom stereocenters. The molecular weight excluding hydrogens is 414 g/mol. The van der Waals surface area contributed by atoms with Gasteiger partial charge in [0.2, 0.25) is 0 Å². The minimum atomic E-state index is -0.861. The Morgan fingerprint density at radius 2 is 1.64 bits per heavy atom. The van der Waals surface area contributed by atoms with E-state index >= 15 is 0 Å². The lowest BCUT2D eigenvalue weighted by atomic mass is 10.1. The van der Waals surface area contributed by atoms with E-state index < -0.39 is 11.8 Å². The van der Waals surface area contributed by atoms with E-state index in [1.54, 1.807) is 22.9 Å². The van der Waals surface area contributed by atoms with Crippen molar-refractivity contribution >= 4 is 23.7 Å². The highest BCUT2D eigenvalue weighted by Gasteiger charge is 2.14. The van der Waals surface area contributed by atoms with Gasteiger partial charge in [-0.3, -0.25) is 9.59 Å². The van der Waals surface area contributed by atoms with Crippen LogP contribution in [-0.2, 0) is 9.59 Å². The Labute approximate surface area is 191 Å². The summed E-state index contributed by atoms with van der Waals surface area (Å²) in [6, 6.07) is 24.9. The van der Waals surface area contributed by atoms with Crippen LogP contribution in [0.2, 0.25) is 0 Å². The summed E-state index contributed by atoms with van der Waals surface area (Å²) in [6.07, 6.45) is 3.31. The number of anilines is 1. The van der Waals surface area contributed by atoms with Crippen LogP contribution in [0, 0.1) is 13.8 Å². The lowest BCUT2D eigenvalue weighted by molar-refractivity contribution is -0.136. The molecule has 33 heavy (non-hydrogen) atoms. The summed E-state index contributed by atoms with van der Waals surface area (Å²) in [5, 5.41) is 11.3. The summed E-state index contributed by atoms with van der Waals surface area (Å²) in [7, 11) is 0. The van der Waals surface area contributed by atoms with E-state index in [1.165, 1.54) is 6.21 Å². The molecule has 3 aromatic carbocycles. The fourth-order valence-electron chi connectivity index (χ4n) is 3.25. The molecule has 0 aliphatic carbocycles. The van der Waals surface area contributed by atoms with Gasteiger partial charge in [-0.2, -0.15) is 10.2 Å². The standard InChI is InChI=1S/C26H23N5O2/c1-18-11-13-20(14-12-18)24-21(17-31(30-24)23-9-4-3-5-10-23)16-27-29-26(33)25(32)28-22-8-6-7-19(2)15-22/h3-17H,1-2H3,(H,28,32)(H,29,33)/b27-16+. The molecule has 1 heterocycles. The number of benzene rings is 3. The Balaban J connectivity index is 1.53. The number of hydrogen-bond donors (Lipinski definition) is 2. The molecular formula is C26H23N5O2. The number of amides is 2. The molecule has 7 heteroatoms. The molecule has 0 fully saturated rings. The number of hydrogen-bond acceptors (Lipinski definition) is 4. The number of aryl methyl sites for hydroxylation is 2. The van der Waals surface area contributed by atoms with E-state index in [4.69, 9.17) is 5.10 Å². The average Bonchev–Trinajstić information content (AvgIpc) is 3.24. The van der Waals surface area contributed by atoms with Gasteiger partial charge in [-0.05, 0) is 43.7 Å². The van der Waals surface area contributed by atoms with E-state index in [1.807, 2.05) is 80.7 Å². The number of carbonyl (C=O) groups is 2. The number of hydrazone groups is 1. The van der Waals surface area contributed by atoms with Crippen LogP contribution >= 0.6 is 0 Å². The normalized spacial score (nSPS) is 10.8. The third kappa shape index (κ3) is 5.40. The highest BCUT2D eigenvalue weighted by Crippen LogP contribution is 2.23. The van der Waals surface area contributed by atoms with Gasteiger partial charge < -0.3 is 5.32 Å². The van der Waals surface area contributed by atoms with Crippen LogP contribution in [-0.4, -0.2) is 27.8 Å². The maximum atomic E-state index is 12.2. The molecule has 0 bridgehead atoms. The molecule has 0 unspecified atom stereocenters. The Morgan fingerprint density at radius 3 is 2.36 bits per heavy atom. The monoisotopic (exact) mass is 437 g/mol. The third-order valence-corrected chi connectivity index (χ3v) is 4.94. The minimum Gasteiger partial charge on any atom is -0.318 e. The van der Waals surface area contributed by atoms with Gasteiger partial charge in [0.1, 0.15) is 5.69 Å². The first-order chi connectivity index (χ1) is 16.0. The largest absolute Gasteiger partial charge is 0.329 e. The van der Waals surface area contributed by atoms with Gasteiger partial charge in [-0.1, -0.05) is 60.2 Å². The zero-order chi connectivity index (χ0) is 23.2. The van der Waals surface area contributed by atoms with Crippen molar-refractivity contribution in [2.75, 3.05) is 5.32 Å². The van der Waals surface area contributed by atoms with Crippen LogP contribution in [0.4, 0.5) is 5.69 Å². The molecule has 7 nitrogen and oxygen atoms in total. The summed E-state index contributed by atoms with van der Waals surface area (Å²) in [4.78, 5) is 24.3. The second-order valence-corrected chi connectivity index (χ2v) is 7.60. The number of nitrogens with zero attached hydrogens (tertiary/aromatic N) is 3. The highest BCUT2D eigenvalue weighted by molar-refractivity contribution is 6.39. The van der Waals surface area contributed by atoms with E-state index in [0.717, 1.165) is 22.4 Å². The molecule has 2 N–H and O–H groups in total. The predicted octanol–water partition coefficient (Wildman–Crippen LogP) is 4.24. The van der Waals surface area contributed by atoms with Crippen molar-refractivity contribution in [2.45, 2.75) is 13.8 Å². The van der Waals surface area contributed by atoms with E-state index in [-0.39, 0.29) is 0 Å². The number of rotatable bonds is 5. The van der Waals surface area contributed by atoms with Crippen LogP contribution in [0.1, 0.15) is 16.7 Å². The van der Waals surface area contributed by atoms with Gasteiger partial charge in [0.25, 0.3) is 0 Å². The van der Waals surface area contributed by atoms with Gasteiger partial charge in [0.15, 0.2) is 0 Å². The first-order valence-electron chi connectivity index (χ1n) is 10.4. The molecule has 0 aliphatic rings. The Hall–Kier alpha value is -4.52. The summed E-state index contributed by atoms with van der Waals surface area (Å²) < 4.78 is 1.75. The van der Waals surface area contributed by atoms with E-state index in [2.05, 4.69) is 15.8 Å². The predicted molar refractivity (Wildman–Crippen MR) is 129 cm³/mol. The lowest BCUT2D eigenvalue weighted by Gasteiger charge is -2.04. The van der Waals surface area contributed by atoms with Gasteiger partial charge in [0.05, 0.1) is 11.9 Å². The van der Waals surface area contributed by atoms with Gasteiger partial charge in [0, 0.05) is 23.0 Å². The van der Waals surface area contributed by atoms with E-state index in [9.17, 15) is 9.59 Å². The van der Waals surface area contributed by atoms with Crippen LogP contribution in [0.3, 0.4) is 0 Å². The van der Waals surface area contributed by atoms with Crippen molar-refractivity contribution in [3.8, 4) is 16.9 Å². The molecule has 0 aliphatic heterocycles. The summed E-state index contributed by atoms with van der Waals surface area (Å²) in [5.74, 6) is -1.66. The van der Waals surface area contributed by atoms with Crippen LogP contribution in [0.15, 0.2) is 90.2 Å². The van der Waals surface area contributed by atoms with Crippen molar-refractivity contribution in [1.29, 1.82) is 0 Å². The molecule has 4 rings (SSSR count). The highest BCUT2D eigenvalue weighted by atomic mass is 16.2. The maximum absolute atomic E-state index is 12.2. The Morgan fingerprint density at radius 1 is 0.879 bits per heavy atom. The van der Waals surface area contributed by atoms with Crippen molar-refractivity contribution in [2.24, 2.45) is 5.10 Å². The Kier molecular flexibility index (Phi) is 6.40. The maximum Gasteiger partial charge on any atom is 0.329 e. The zero-order valence-corrected chi connectivity index (χ0v) is 18.3. The van der Waals surface area contributed by atoms with Gasteiger partial charge in [-0.15, -0.1) is 0 Å². The third-order valence-electron chi connectivity index (χ3n) is 4.94. The summed E-state index contributed by atoms with van der Waals surface area (Å²) in [6.45, 7) is 3.92. The smallest absolute Gasteiger partial charge is 0.318 e. The van der Waals surface area contributed by atoms with Crippen molar-refractivity contribution in [3.63, 3.8) is 0 Å². The van der Waals surface area contributed by atoms with Crippen molar-refractivity contribution in [1.82, 2.24) is 15.2 Å². The quantitative estimate of drug-likeness (QED) is 0.278. The molecule has 4 aromatic rings. The molecule has 0 spiro atoms. The van der Waals surface area contributed by atoms with Crippen LogP contribution in [0.25, 0.3) is 16.9 Å². The summed E-state index contributed by atoms with van der Waals surface area (Å²) >= 11 is 0. The van der Waals surface area contributed by atoms with Crippen LogP contribution in [0.5, 0.6) is 0 Å². The van der Waals surface area contributed by atoms with Crippen LogP contribution < -0.4 is 10.7 Å². The number of aromatic nitrogens is 2. The fraction of sp³-hybridized carbons (Fsp3) is 0.0769. The zero-order valence-electron chi connectivity index (χ0n) is 18.3. The number of para-hydroxylation sites is 1. The first-order valence-corrected chi connectivity index (χ1v) is 10.4. The number of nitrogens with one attached hydrogen (secondary N) is 2. The molecule has 164 valence electrons. The van der Waals surface area contributed by atoms with Crippen molar-refractivity contribution in [3.05, 3.63) is 102 Å².